The van der Waals surface area contributed by atoms with Crippen molar-refractivity contribution in [3.63, 3.8) is 0 Å². The van der Waals surface area contributed by atoms with Gasteiger partial charge in [0.2, 0.25) is 0 Å². The minimum absolute atomic E-state index is 0.212. The summed E-state index contributed by atoms with van der Waals surface area (Å²) in [4.78, 5) is 23.4. The van der Waals surface area contributed by atoms with E-state index in [4.69, 9.17) is 14.6 Å². The molecule has 0 aromatic heterocycles. The zero-order chi connectivity index (χ0) is 17.1. The van der Waals surface area contributed by atoms with Gasteiger partial charge in [0.05, 0.1) is 18.8 Å². The summed E-state index contributed by atoms with van der Waals surface area (Å²) in [5.41, 5.74) is 1.77. The van der Waals surface area contributed by atoms with E-state index in [-0.39, 0.29) is 11.5 Å². The lowest BCUT2D eigenvalue weighted by molar-refractivity contribution is 0.0696. The minimum Gasteiger partial charge on any atom is -0.490 e. The van der Waals surface area contributed by atoms with Crippen LogP contribution in [0.4, 0.5) is 5.69 Å². The Morgan fingerprint density at radius 2 is 1.79 bits per heavy atom. The van der Waals surface area contributed by atoms with Crippen molar-refractivity contribution < 1.29 is 24.2 Å². The molecule has 6 nitrogen and oxygen atoms in total. The number of benzene rings is 2. The maximum Gasteiger partial charge on any atom is 0.335 e. The zero-order valence-electron chi connectivity index (χ0n) is 13.2. The fourth-order valence-electron chi connectivity index (χ4n) is 2.49. The van der Waals surface area contributed by atoms with Crippen LogP contribution in [0, 0.1) is 6.92 Å². The third-order valence-corrected chi connectivity index (χ3v) is 3.72. The highest BCUT2D eigenvalue weighted by molar-refractivity contribution is 6.05. The summed E-state index contributed by atoms with van der Waals surface area (Å²) in [6.45, 7) is 2.83. The van der Waals surface area contributed by atoms with E-state index < -0.39 is 5.97 Å². The van der Waals surface area contributed by atoms with E-state index in [2.05, 4.69) is 5.32 Å². The smallest absolute Gasteiger partial charge is 0.335 e. The molecule has 0 fully saturated rings. The normalized spacial score (nSPS) is 13.0. The molecule has 0 saturated heterocycles. The Hall–Kier alpha value is -3.02. The third-order valence-electron chi connectivity index (χ3n) is 3.72. The molecule has 0 bridgehead atoms. The van der Waals surface area contributed by atoms with Gasteiger partial charge in [-0.1, -0.05) is 0 Å². The number of amides is 1. The molecule has 2 aromatic rings. The van der Waals surface area contributed by atoms with Crippen molar-refractivity contribution >= 4 is 17.6 Å². The van der Waals surface area contributed by atoms with Crippen LogP contribution in [0.25, 0.3) is 0 Å². The summed E-state index contributed by atoms with van der Waals surface area (Å²) in [6.07, 6.45) is 0.797. The van der Waals surface area contributed by atoms with Gasteiger partial charge in [-0.05, 0) is 48.9 Å². The Labute approximate surface area is 139 Å². The second kappa shape index (κ2) is 6.62. The van der Waals surface area contributed by atoms with Crippen molar-refractivity contribution in [2.45, 2.75) is 13.3 Å². The maximum atomic E-state index is 12.4. The molecule has 0 radical (unpaired) electrons. The van der Waals surface area contributed by atoms with Crippen LogP contribution >= 0.6 is 0 Å². The van der Waals surface area contributed by atoms with E-state index in [1.54, 1.807) is 37.3 Å². The number of carbonyl (C=O) groups excluding carboxylic acids is 1. The molecule has 0 spiro atoms. The summed E-state index contributed by atoms with van der Waals surface area (Å²) >= 11 is 0. The van der Waals surface area contributed by atoms with E-state index in [9.17, 15) is 9.59 Å². The van der Waals surface area contributed by atoms with E-state index in [1.165, 1.54) is 6.07 Å². The molecule has 1 aliphatic heterocycles. The topological polar surface area (TPSA) is 84.9 Å². The number of fused-ring (bicyclic) bond motifs is 1. The molecule has 2 N–H and O–H groups in total. The molecule has 1 heterocycles. The third kappa shape index (κ3) is 3.32. The van der Waals surface area contributed by atoms with Crippen LogP contribution in [0.1, 0.15) is 32.7 Å². The largest absolute Gasteiger partial charge is 0.490 e. The van der Waals surface area contributed by atoms with Gasteiger partial charge in [-0.25, -0.2) is 4.79 Å². The number of rotatable bonds is 3. The Kier molecular flexibility index (Phi) is 4.37. The highest BCUT2D eigenvalue weighted by Gasteiger charge is 2.15. The number of anilines is 1. The van der Waals surface area contributed by atoms with Gasteiger partial charge in [-0.3, -0.25) is 4.79 Å². The Morgan fingerprint density at radius 1 is 1.04 bits per heavy atom. The molecule has 6 heteroatoms. The number of nitrogens with one attached hydrogen (secondary N) is 1. The molecule has 0 saturated carbocycles. The van der Waals surface area contributed by atoms with Crippen molar-refractivity contribution in [2.24, 2.45) is 0 Å². The van der Waals surface area contributed by atoms with Gasteiger partial charge in [-0.15, -0.1) is 0 Å². The van der Waals surface area contributed by atoms with Gasteiger partial charge in [0.25, 0.3) is 5.91 Å². The van der Waals surface area contributed by atoms with Crippen LogP contribution in [0.15, 0.2) is 36.4 Å². The molecular weight excluding hydrogens is 310 g/mol. The monoisotopic (exact) mass is 327 g/mol. The van der Waals surface area contributed by atoms with Gasteiger partial charge < -0.3 is 19.9 Å². The number of aromatic carboxylic acids is 1. The number of hydrogen-bond acceptors (Lipinski definition) is 4. The molecule has 0 atom stereocenters. The van der Waals surface area contributed by atoms with Crippen molar-refractivity contribution in [3.8, 4) is 11.5 Å². The molecule has 1 aliphatic rings. The lowest BCUT2D eigenvalue weighted by Gasteiger charge is -2.11. The fraction of sp³-hybridized carbons (Fsp3) is 0.222. The SMILES string of the molecule is Cc1cc(NC(=O)c2ccc3c(c2)OCCCO3)ccc1C(=O)O. The number of carboxylic acids is 1. The van der Waals surface area contributed by atoms with E-state index >= 15 is 0 Å². The number of carboxylic acid groups (broad SMARTS) is 1. The second-order valence-electron chi connectivity index (χ2n) is 5.50. The van der Waals surface area contributed by atoms with Crippen LogP contribution in [0.2, 0.25) is 0 Å². The first-order valence-electron chi connectivity index (χ1n) is 7.59. The molecule has 3 rings (SSSR count). The van der Waals surface area contributed by atoms with Crippen molar-refractivity contribution in [3.05, 3.63) is 53.1 Å². The van der Waals surface area contributed by atoms with E-state index in [0.29, 0.717) is 41.5 Å². The molecule has 0 unspecified atom stereocenters. The second-order valence-corrected chi connectivity index (χ2v) is 5.50. The zero-order valence-corrected chi connectivity index (χ0v) is 13.2. The number of ether oxygens (including phenoxy) is 2. The molecular formula is C18H17NO5. The predicted molar refractivity (Wildman–Crippen MR) is 88.1 cm³/mol. The number of carbonyl (C=O) groups is 2. The molecule has 24 heavy (non-hydrogen) atoms. The quantitative estimate of drug-likeness (QED) is 0.905. The first kappa shape index (κ1) is 15.9. The average molecular weight is 327 g/mol. The lowest BCUT2D eigenvalue weighted by atomic mass is 10.1. The number of hydrogen-bond donors (Lipinski definition) is 2. The highest BCUT2D eigenvalue weighted by atomic mass is 16.5. The summed E-state index contributed by atoms with van der Waals surface area (Å²) in [5.74, 6) is -0.107. The summed E-state index contributed by atoms with van der Waals surface area (Å²) in [6, 6.07) is 9.70. The predicted octanol–water partition coefficient (Wildman–Crippen LogP) is 3.11. The van der Waals surface area contributed by atoms with Crippen LogP contribution in [-0.2, 0) is 0 Å². The van der Waals surface area contributed by atoms with Crippen LogP contribution in [0.5, 0.6) is 11.5 Å². The van der Waals surface area contributed by atoms with E-state index in [0.717, 1.165) is 6.42 Å². The Morgan fingerprint density at radius 3 is 2.50 bits per heavy atom. The summed E-state index contributed by atoms with van der Waals surface area (Å²) in [5, 5.41) is 11.8. The Bertz CT molecular complexity index is 800. The standard InChI is InChI=1S/C18H17NO5/c1-11-9-13(4-5-14(11)18(21)22)19-17(20)12-3-6-15-16(10-12)24-8-2-7-23-15/h3-6,9-10H,2,7-8H2,1H3,(H,19,20)(H,21,22). The Balaban J connectivity index is 1.79. The maximum absolute atomic E-state index is 12.4. The van der Waals surface area contributed by atoms with Crippen molar-refractivity contribution in [2.75, 3.05) is 18.5 Å². The first-order chi connectivity index (χ1) is 11.5. The average Bonchev–Trinajstić information content (AvgIpc) is 2.79. The number of aryl methyl sites for hydroxylation is 1. The minimum atomic E-state index is -0.992. The molecule has 124 valence electrons. The fourth-order valence-corrected chi connectivity index (χ4v) is 2.49. The van der Waals surface area contributed by atoms with Crippen LogP contribution in [0.3, 0.4) is 0 Å². The highest BCUT2D eigenvalue weighted by Crippen LogP contribution is 2.30. The molecule has 1 amide bonds. The summed E-state index contributed by atoms with van der Waals surface area (Å²) < 4.78 is 11.1. The van der Waals surface area contributed by atoms with Gasteiger partial charge >= 0.3 is 5.97 Å². The van der Waals surface area contributed by atoms with Crippen LogP contribution in [-0.4, -0.2) is 30.2 Å². The van der Waals surface area contributed by atoms with Gasteiger partial charge in [0, 0.05) is 17.7 Å². The molecule has 2 aromatic carbocycles. The molecule has 0 aliphatic carbocycles. The van der Waals surface area contributed by atoms with Crippen molar-refractivity contribution in [1.29, 1.82) is 0 Å². The lowest BCUT2D eigenvalue weighted by Crippen LogP contribution is -2.12. The van der Waals surface area contributed by atoms with Gasteiger partial charge in [0.1, 0.15) is 0 Å². The first-order valence-corrected chi connectivity index (χ1v) is 7.59. The van der Waals surface area contributed by atoms with Gasteiger partial charge in [0.15, 0.2) is 11.5 Å². The van der Waals surface area contributed by atoms with Gasteiger partial charge in [-0.2, -0.15) is 0 Å². The van der Waals surface area contributed by atoms with Crippen molar-refractivity contribution in [1.82, 2.24) is 0 Å². The summed E-state index contributed by atoms with van der Waals surface area (Å²) in [7, 11) is 0. The van der Waals surface area contributed by atoms with Crippen LogP contribution < -0.4 is 14.8 Å². The van der Waals surface area contributed by atoms with E-state index in [1.807, 2.05) is 0 Å².